The van der Waals surface area contributed by atoms with Gasteiger partial charge in [0.2, 0.25) is 5.60 Å². The number of rotatable bonds is 4. The van der Waals surface area contributed by atoms with Gasteiger partial charge in [0.05, 0.1) is 12.0 Å². The predicted molar refractivity (Wildman–Crippen MR) is 81.2 cm³/mol. The zero-order valence-corrected chi connectivity index (χ0v) is 14.1. The molecule has 0 aromatic heterocycles. The Hall–Kier alpha value is -1.10. The zero-order valence-electron chi connectivity index (χ0n) is 14.1. The third kappa shape index (κ3) is 1.87. The molecule has 0 N–H and O–H groups in total. The fourth-order valence-corrected chi connectivity index (χ4v) is 4.45. The van der Waals surface area contributed by atoms with Gasteiger partial charge in [0.25, 0.3) is 0 Å². The number of likely N-dealkylation sites (tertiary alicyclic amines) is 1. The third-order valence-electron chi connectivity index (χ3n) is 6.77. The van der Waals surface area contributed by atoms with Crippen LogP contribution in [-0.4, -0.2) is 48.7 Å². The Bertz CT molecular complexity index is 503. The molecule has 124 valence electrons. The molecule has 1 saturated carbocycles. The average Bonchev–Trinajstić information content (AvgIpc) is 2.99. The van der Waals surface area contributed by atoms with E-state index in [0.29, 0.717) is 25.5 Å². The number of carbonyl (C=O) groups is 2. The minimum absolute atomic E-state index is 0.253. The number of hydrogen-bond donors (Lipinski definition) is 0. The van der Waals surface area contributed by atoms with Crippen LogP contribution in [0.2, 0.25) is 0 Å². The predicted octanol–water partition coefficient (Wildman–Crippen LogP) is 2.14. The molecule has 2 saturated heterocycles. The highest BCUT2D eigenvalue weighted by Crippen LogP contribution is 2.65. The quantitative estimate of drug-likeness (QED) is 0.745. The van der Waals surface area contributed by atoms with Crippen LogP contribution in [0, 0.1) is 10.8 Å². The lowest BCUT2D eigenvalue weighted by Crippen LogP contribution is -2.49. The van der Waals surface area contributed by atoms with Gasteiger partial charge in [0.1, 0.15) is 0 Å². The van der Waals surface area contributed by atoms with Crippen molar-refractivity contribution < 1.29 is 19.1 Å². The molecule has 2 aliphatic heterocycles. The molecule has 2 heterocycles. The van der Waals surface area contributed by atoms with E-state index in [4.69, 9.17) is 9.47 Å². The van der Waals surface area contributed by atoms with Gasteiger partial charge in [-0.05, 0) is 52.6 Å². The Morgan fingerprint density at radius 2 is 2.09 bits per heavy atom. The van der Waals surface area contributed by atoms with Gasteiger partial charge in [-0.3, -0.25) is 4.79 Å². The molecule has 0 amide bonds. The van der Waals surface area contributed by atoms with Crippen molar-refractivity contribution >= 4 is 11.9 Å². The van der Waals surface area contributed by atoms with E-state index >= 15 is 0 Å². The summed E-state index contributed by atoms with van der Waals surface area (Å²) < 4.78 is 11.1. The number of nitrogens with zero attached hydrogens (tertiary/aromatic N) is 1. The van der Waals surface area contributed by atoms with Crippen molar-refractivity contribution in [3.63, 3.8) is 0 Å². The summed E-state index contributed by atoms with van der Waals surface area (Å²) in [5.41, 5.74) is -2.17. The molecule has 0 aromatic carbocycles. The Morgan fingerprint density at radius 3 is 2.59 bits per heavy atom. The molecule has 2 bridgehead atoms. The van der Waals surface area contributed by atoms with Gasteiger partial charge in [0.15, 0.2) is 0 Å². The van der Waals surface area contributed by atoms with E-state index in [-0.39, 0.29) is 11.9 Å². The van der Waals surface area contributed by atoms with Gasteiger partial charge in [0, 0.05) is 11.5 Å². The first kappa shape index (κ1) is 15.8. The van der Waals surface area contributed by atoms with E-state index in [1.54, 1.807) is 0 Å². The first-order valence-corrected chi connectivity index (χ1v) is 8.35. The van der Waals surface area contributed by atoms with E-state index in [1.165, 1.54) is 6.42 Å². The molecule has 3 rings (SSSR count). The van der Waals surface area contributed by atoms with Gasteiger partial charge in [-0.1, -0.05) is 13.8 Å². The summed E-state index contributed by atoms with van der Waals surface area (Å²) in [6.07, 6.45) is 4.49. The lowest BCUT2D eigenvalue weighted by molar-refractivity contribution is -0.183. The standard InChI is InChI=1S/C17H27NO4/c1-15(2)16(3)8-9-17(15,22-13(16)19)14(20)21-11-7-12-6-5-10-18(12)4/h12H,5-11H2,1-4H3. The topological polar surface area (TPSA) is 55.8 Å². The SMILES string of the molecule is CN1CCCC1CCOC(=O)C12CCC(C)(C(=O)O1)C2(C)C. The summed E-state index contributed by atoms with van der Waals surface area (Å²) in [5, 5.41) is 0. The Balaban J connectivity index is 1.64. The Morgan fingerprint density at radius 1 is 1.36 bits per heavy atom. The maximum Gasteiger partial charge on any atom is 0.351 e. The van der Waals surface area contributed by atoms with Crippen molar-refractivity contribution in [3.8, 4) is 0 Å². The molecule has 0 spiro atoms. The normalized spacial score (nSPS) is 40.0. The van der Waals surface area contributed by atoms with Crippen LogP contribution < -0.4 is 0 Å². The number of ether oxygens (including phenoxy) is 2. The molecule has 0 radical (unpaired) electrons. The minimum atomic E-state index is -1.08. The Labute approximate surface area is 132 Å². The molecule has 5 nitrogen and oxygen atoms in total. The van der Waals surface area contributed by atoms with Gasteiger partial charge in [-0.2, -0.15) is 0 Å². The second kappa shape index (κ2) is 4.95. The molecular formula is C17H27NO4. The van der Waals surface area contributed by atoms with E-state index < -0.39 is 16.4 Å². The molecule has 0 aromatic rings. The second-order valence-corrected chi connectivity index (χ2v) is 7.87. The van der Waals surface area contributed by atoms with E-state index in [2.05, 4.69) is 11.9 Å². The second-order valence-electron chi connectivity index (χ2n) is 7.87. The summed E-state index contributed by atoms with van der Waals surface area (Å²) in [5.74, 6) is -0.607. The number of hydrogen-bond acceptors (Lipinski definition) is 5. The molecule has 3 fully saturated rings. The molecule has 3 unspecified atom stereocenters. The fourth-order valence-electron chi connectivity index (χ4n) is 4.45. The van der Waals surface area contributed by atoms with Crippen LogP contribution in [0.4, 0.5) is 0 Å². The fraction of sp³-hybridized carbons (Fsp3) is 0.882. The molecule has 1 aliphatic carbocycles. The smallest absolute Gasteiger partial charge is 0.351 e. The van der Waals surface area contributed by atoms with Crippen LogP contribution in [0.25, 0.3) is 0 Å². The molecular weight excluding hydrogens is 282 g/mol. The van der Waals surface area contributed by atoms with Crippen molar-refractivity contribution in [2.45, 2.75) is 64.5 Å². The maximum atomic E-state index is 12.7. The first-order chi connectivity index (χ1) is 10.2. The molecule has 3 aliphatic rings. The largest absolute Gasteiger partial charge is 0.463 e. The lowest BCUT2D eigenvalue weighted by Gasteiger charge is -2.34. The summed E-state index contributed by atoms with van der Waals surface area (Å²) in [6.45, 7) is 7.34. The summed E-state index contributed by atoms with van der Waals surface area (Å²) in [4.78, 5) is 27.2. The van der Waals surface area contributed by atoms with E-state index in [9.17, 15) is 9.59 Å². The van der Waals surface area contributed by atoms with Crippen molar-refractivity contribution in [1.29, 1.82) is 0 Å². The van der Waals surface area contributed by atoms with Crippen molar-refractivity contribution in [3.05, 3.63) is 0 Å². The number of fused-ring (bicyclic) bond motifs is 2. The molecule has 5 heteroatoms. The summed E-state index contributed by atoms with van der Waals surface area (Å²) in [7, 11) is 2.11. The minimum Gasteiger partial charge on any atom is -0.463 e. The lowest BCUT2D eigenvalue weighted by atomic mass is 9.66. The number of carbonyl (C=O) groups excluding carboxylic acids is 2. The van der Waals surface area contributed by atoms with E-state index in [0.717, 1.165) is 19.4 Å². The maximum absolute atomic E-state index is 12.7. The van der Waals surface area contributed by atoms with Crippen molar-refractivity contribution in [2.24, 2.45) is 10.8 Å². The van der Waals surface area contributed by atoms with E-state index in [1.807, 2.05) is 20.8 Å². The molecule has 3 atom stereocenters. The highest BCUT2D eigenvalue weighted by Gasteiger charge is 2.76. The van der Waals surface area contributed by atoms with Crippen LogP contribution in [0.1, 0.15) is 52.9 Å². The van der Waals surface area contributed by atoms with Gasteiger partial charge < -0.3 is 14.4 Å². The number of esters is 2. The Kier molecular flexibility index (Phi) is 3.55. The highest BCUT2D eigenvalue weighted by atomic mass is 16.6. The first-order valence-electron chi connectivity index (χ1n) is 8.35. The third-order valence-corrected chi connectivity index (χ3v) is 6.77. The average molecular weight is 309 g/mol. The monoisotopic (exact) mass is 309 g/mol. The zero-order chi connectivity index (χ0) is 16.2. The van der Waals surface area contributed by atoms with Crippen LogP contribution in [0.3, 0.4) is 0 Å². The highest BCUT2D eigenvalue weighted by molar-refractivity contribution is 5.93. The van der Waals surface area contributed by atoms with Crippen molar-refractivity contribution in [2.75, 3.05) is 20.2 Å². The van der Waals surface area contributed by atoms with Gasteiger partial charge in [-0.25, -0.2) is 4.79 Å². The van der Waals surface area contributed by atoms with Crippen LogP contribution >= 0.6 is 0 Å². The van der Waals surface area contributed by atoms with Gasteiger partial charge >= 0.3 is 11.9 Å². The van der Waals surface area contributed by atoms with Crippen LogP contribution in [-0.2, 0) is 19.1 Å². The van der Waals surface area contributed by atoms with Gasteiger partial charge in [-0.15, -0.1) is 0 Å². The van der Waals surface area contributed by atoms with Crippen LogP contribution in [0.15, 0.2) is 0 Å². The summed E-state index contributed by atoms with van der Waals surface area (Å²) >= 11 is 0. The van der Waals surface area contributed by atoms with Crippen LogP contribution in [0.5, 0.6) is 0 Å². The van der Waals surface area contributed by atoms with Crippen molar-refractivity contribution in [1.82, 2.24) is 4.90 Å². The molecule has 22 heavy (non-hydrogen) atoms. The summed E-state index contributed by atoms with van der Waals surface area (Å²) in [6, 6.07) is 0.498.